The van der Waals surface area contributed by atoms with Crippen molar-refractivity contribution in [1.82, 2.24) is 14.6 Å². The minimum Gasteiger partial charge on any atom is -0.296 e. The van der Waals surface area contributed by atoms with E-state index in [2.05, 4.69) is 19.9 Å². The van der Waals surface area contributed by atoms with E-state index >= 15 is 0 Å². The molecule has 1 amide bonds. The van der Waals surface area contributed by atoms with E-state index in [1.54, 1.807) is 5.38 Å². The molecule has 2 rings (SSSR count). The first-order valence-electron chi connectivity index (χ1n) is 4.19. The number of aryl methyl sites for hydroxylation is 2. The zero-order valence-corrected chi connectivity index (χ0v) is 9.78. The van der Waals surface area contributed by atoms with Gasteiger partial charge in [0.1, 0.15) is 0 Å². The number of aromatic nitrogens is 3. The molecule has 0 spiro atoms. The average molecular weight is 240 g/mol. The standard InChI is InChI=1S/C8H8N4OS2/c1-4-5(2)15-8(9-4)10-7(13)6-3-14-12-11-6/h3H,1-2H3,(H,9,10,13). The normalized spacial score (nSPS) is 10.3. The Morgan fingerprint density at radius 1 is 1.47 bits per heavy atom. The van der Waals surface area contributed by atoms with Crippen LogP contribution in [0.5, 0.6) is 0 Å². The van der Waals surface area contributed by atoms with Gasteiger partial charge in [-0.2, -0.15) is 0 Å². The summed E-state index contributed by atoms with van der Waals surface area (Å²) in [5.74, 6) is -0.266. The summed E-state index contributed by atoms with van der Waals surface area (Å²) in [5, 5.41) is 8.55. The number of nitrogens with zero attached hydrogens (tertiary/aromatic N) is 3. The molecule has 0 aliphatic carbocycles. The Hall–Kier alpha value is -1.34. The molecule has 78 valence electrons. The minimum atomic E-state index is -0.266. The van der Waals surface area contributed by atoms with Crippen LogP contribution in [0.4, 0.5) is 5.13 Å². The van der Waals surface area contributed by atoms with Crippen molar-refractivity contribution < 1.29 is 4.79 Å². The maximum absolute atomic E-state index is 11.6. The van der Waals surface area contributed by atoms with E-state index in [-0.39, 0.29) is 5.91 Å². The largest absolute Gasteiger partial charge is 0.296 e. The molecule has 1 N–H and O–H groups in total. The Morgan fingerprint density at radius 2 is 2.27 bits per heavy atom. The lowest BCUT2D eigenvalue weighted by atomic mass is 10.4. The van der Waals surface area contributed by atoms with Crippen molar-refractivity contribution in [3.8, 4) is 0 Å². The van der Waals surface area contributed by atoms with Crippen molar-refractivity contribution in [2.45, 2.75) is 13.8 Å². The molecule has 0 bridgehead atoms. The van der Waals surface area contributed by atoms with E-state index in [0.29, 0.717) is 10.8 Å². The summed E-state index contributed by atoms with van der Waals surface area (Å²) in [7, 11) is 0. The third-order valence-electron chi connectivity index (χ3n) is 1.84. The number of nitrogens with one attached hydrogen (secondary N) is 1. The SMILES string of the molecule is Cc1nc(NC(=O)c2csnn2)sc1C. The van der Waals surface area contributed by atoms with Gasteiger partial charge in [-0.1, -0.05) is 4.49 Å². The van der Waals surface area contributed by atoms with Crippen LogP contribution in [-0.4, -0.2) is 20.5 Å². The molecule has 2 heterocycles. The van der Waals surface area contributed by atoms with Gasteiger partial charge in [0.05, 0.1) is 5.69 Å². The summed E-state index contributed by atoms with van der Waals surface area (Å²) in [6.07, 6.45) is 0. The highest BCUT2D eigenvalue weighted by atomic mass is 32.1. The fraction of sp³-hybridized carbons (Fsp3) is 0.250. The molecule has 0 aliphatic rings. The average Bonchev–Trinajstić information content (AvgIpc) is 2.77. The molecule has 0 unspecified atom stereocenters. The summed E-state index contributed by atoms with van der Waals surface area (Å²) < 4.78 is 3.62. The Kier molecular flexibility index (Phi) is 2.74. The lowest BCUT2D eigenvalue weighted by Crippen LogP contribution is -2.12. The molecule has 15 heavy (non-hydrogen) atoms. The van der Waals surface area contributed by atoms with Gasteiger partial charge < -0.3 is 0 Å². The number of amides is 1. The molecule has 0 saturated carbocycles. The van der Waals surface area contributed by atoms with Crippen molar-refractivity contribution >= 4 is 33.9 Å². The van der Waals surface area contributed by atoms with E-state index in [1.165, 1.54) is 11.3 Å². The monoisotopic (exact) mass is 240 g/mol. The lowest BCUT2D eigenvalue weighted by molar-refractivity contribution is 0.102. The van der Waals surface area contributed by atoms with Crippen LogP contribution in [0.3, 0.4) is 0 Å². The van der Waals surface area contributed by atoms with Crippen molar-refractivity contribution in [2.24, 2.45) is 0 Å². The number of carbonyl (C=O) groups is 1. The minimum absolute atomic E-state index is 0.266. The molecule has 0 atom stereocenters. The molecule has 0 aliphatic heterocycles. The lowest BCUT2D eigenvalue weighted by Gasteiger charge is -1.95. The predicted molar refractivity (Wildman–Crippen MR) is 59.5 cm³/mol. The van der Waals surface area contributed by atoms with E-state index in [4.69, 9.17) is 0 Å². The Bertz CT molecular complexity index is 457. The van der Waals surface area contributed by atoms with Gasteiger partial charge >= 0.3 is 0 Å². The van der Waals surface area contributed by atoms with Crippen molar-refractivity contribution in [2.75, 3.05) is 5.32 Å². The summed E-state index contributed by atoms with van der Waals surface area (Å²) in [5.41, 5.74) is 1.26. The highest BCUT2D eigenvalue weighted by Crippen LogP contribution is 2.21. The van der Waals surface area contributed by atoms with Crippen molar-refractivity contribution in [3.63, 3.8) is 0 Å². The van der Waals surface area contributed by atoms with Crippen LogP contribution in [0.1, 0.15) is 21.1 Å². The van der Waals surface area contributed by atoms with Gasteiger partial charge in [0, 0.05) is 10.3 Å². The van der Waals surface area contributed by atoms with Crippen LogP contribution in [0.25, 0.3) is 0 Å². The van der Waals surface area contributed by atoms with Crippen LogP contribution >= 0.6 is 22.9 Å². The van der Waals surface area contributed by atoms with Crippen molar-refractivity contribution in [1.29, 1.82) is 0 Å². The highest BCUT2D eigenvalue weighted by molar-refractivity contribution is 7.15. The Labute approximate surface area is 94.3 Å². The van der Waals surface area contributed by atoms with Crippen molar-refractivity contribution in [3.05, 3.63) is 21.6 Å². The number of hydrogen-bond donors (Lipinski definition) is 1. The third-order valence-corrected chi connectivity index (χ3v) is 3.33. The number of anilines is 1. The molecule has 0 fully saturated rings. The van der Waals surface area contributed by atoms with Crippen LogP contribution < -0.4 is 5.32 Å². The Morgan fingerprint density at radius 3 is 2.80 bits per heavy atom. The number of hydrogen-bond acceptors (Lipinski definition) is 6. The van der Waals surface area contributed by atoms with Crippen LogP contribution in [-0.2, 0) is 0 Å². The zero-order valence-electron chi connectivity index (χ0n) is 8.14. The third kappa shape index (κ3) is 2.18. The second-order valence-corrected chi connectivity index (χ2v) is 4.72. The maximum Gasteiger partial charge on any atom is 0.278 e. The number of rotatable bonds is 2. The van der Waals surface area contributed by atoms with Gasteiger partial charge in [-0.25, -0.2) is 4.98 Å². The summed E-state index contributed by atoms with van der Waals surface area (Å²) in [4.78, 5) is 16.9. The van der Waals surface area contributed by atoms with Gasteiger partial charge in [0.2, 0.25) is 0 Å². The molecule has 2 aromatic rings. The van der Waals surface area contributed by atoms with E-state index in [1.807, 2.05) is 13.8 Å². The van der Waals surface area contributed by atoms with Gasteiger partial charge in [0.25, 0.3) is 5.91 Å². The second-order valence-electron chi connectivity index (χ2n) is 2.90. The van der Waals surface area contributed by atoms with Gasteiger partial charge in [0.15, 0.2) is 10.8 Å². The predicted octanol–water partition coefficient (Wildman–Crippen LogP) is 1.86. The smallest absolute Gasteiger partial charge is 0.278 e. The quantitative estimate of drug-likeness (QED) is 0.870. The number of thiazole rings is 1. The zero-order chi connectivity index (χ0) is 10.8. The fourth-order valence-electron chi connectivity index (χ4n) is 0.951. The molecule has 2 aromatic heterocycles. The van der Waals surface area contributed by atoms with E-state index < -0.39 is 0 Å². The molecule has 0 radical (unpaired) electrons. The second kappa shape index (κ2) is 4.03. The first-order valence-corrected chi connectivity index (χ1v) is 5.84. The molecule has 0 saturated heterocycles. The fourth-order valence-corrected chi connectivity index (χ4v) is 2.20. The Balaban J connectivity index is 2.13. The molecular weight excluding hydrogens is 232 g/mol. The van der Waals surface area contributed by atoms with Crippen LogP contribution in [0.15, 0.2) is 5.38 Å². The highest BCUT2D eigenvalue weighted by Gasteiger charge is 2.11. The van der Waals surface area contributed by atoms with Gasteiger partial charge in [-0.3, -0.25) is 10.1 Å². The molecular formula is C8H8N4OS2. The van der Waals surface area contributed by atoms with E-state index in [0.717, 1.165) is 22.1 Å². The summed E-state index contributed by atoms with van der Waals surface area (Å²) in [6, 6.07) is 0. The first kappa shape index (κ1) is 10.2. The first-order chi connectivity index (χ1) is 7.16. The van der Waals surface area contributed by atoms with Crippen LogP contribution in [0, 0.1) is 13.8 Å². The van der Waals surface area contributed by atoms with Crippen LogP contribution in [0.2, 0.25) is 0 Å². The van der Waals surface area contributed by atoms with Gasteiger partial charge in [-0.15, -0.1) is 16.4 Å². The topological polar surface area (TPSA) is 67.8 Å². The molecule has 5 nitrogen and oxygen atoms in total. The summed E-state index contributed by atoms with van der Waals surface area (Å²) in [6.45, 7) is 3.87. The molecule has 7 heteroatoms. The summed E-state index contributed by atoms with van der Waals surface area (Å²) >= 11 is 2.60. The van der Waals surface area contributed by atoms with E-state index in [9.17, 15) is 4.79 Å². The maximum atomic E-state index is 11.6. The number of carbonyl (C=O) groups excluding carboxylic acids is 1. The van der Waals surface area contributed by atoms with Gasteiger partial charge in [-0.05, 0) is 25.4 Å². The molecule has 0 aromatic carbocycles.